The molecule has 0 bridgehead atoms. The molecule has 0 saturated carbocycles. The lowest BCUT2D eigenvalue weighted by molar-refractivity contribution is -0.128. The zero-order valence-electron chi connectivity index (χ0n) is 16.7. The first-order valence-corrected chi connectivity index (χ1v) is 10.2. The molecule has 3 aromatic rings. The molecular weight excluding hydrogens is 378 g/mol. The smallest absolute Gasteiger partial charge is 0.243 e. The van der Waals surface area contributed by atoms with E-state index in [1.54, 1.807) is 10.9 Å². The average Bonchev–Trinajstić information content (AvgIpc) is 3.49. The van der Waals surface area contributed by atoms with E-state index < -0.39 is 0 Å². The molecule has 30 heavy (non-hydrogen) atoms. The number of aromatic nitrogens is 2. The Balaban J connectivity index is 1.34. The Hall–Kier alpha value is -3.45. The van der Waals surface area contributed by atoms with Gasteiger partial charge in [-0.25, -0.2) is 4.68 Å². The van der Waals surface area contributed by atoms with Crippen LogP contribution in [0.25, 0.3) is 5.69 Å². The summed E-state index contributed by atoms with van der Waals surface area (Å²) < 4.78 is 1.74. The number of likely N-dealkylation sites (tertiary alicyclic amines) is 1. The third-order valence-electron chi connectivity index (χ3n) is 5.21. The van der Waals surface area contributed by atoms with Crippen molar-refractivity contribution in [1.82, 2.24) is 20.0 Å². The molecule has 0 radical (unpaired) electrons. The van der Waals surface area contributed by atoms with Crippen LogP contribution >= 0.6 is 0 Å². The summed E-state index contributed by atoms with van der Waals surface area (Å²) in [4.78, 5) is 27.5. The largest absolute Gasteiger partial charge is 0.345 e. The van der Waals surface area contributed by atoms with Gasteiger partial charge in [0, 0.05) is 18.1 Å². The highest BCUT2D eigenvalue weighted by atomic mass is 16.2. The highest BCUT2D eigenvalue weighted by Gasteiger charge is 2.29. The molecule has 1 atom stereocenters. The molecule has 1 aromatic heterocycles. The Labute approximate surface area is 175 Å². The van der Waals surface area contributed by atoms with Crippen molar-refractivity contribution >= 4 is 17.5 Å². The SMILES string of the molecule is O=C(CNC(=O)C(c1ccccc1)N1CCCC1)Nc1ccc(-n2cccn2)cc1. The van der Waals surface area contributed by atoms with Crippen LogP contribution in [-0.2, 0) is 9.59 Å². The third-order valence-corrected chi connectivity index (χ3v) is 5.21. The van der Waals surface area contributed by atoms with Crippen LogP contribution in [0.2, 0.25) is 0 Å². The topological polar surface area (TPSA) is 79.3 Å². The predicted molar refractivity (Wildman–Crippen MR) is 115 cm³/mol. The lowest BCUT2D eigenvalue weighted by atomic mass is 10.0. The zero-order chi connectivity index (χ0) is 20.8. The molecule has 2 N–H and O–H groups in total. The van der Waals surface area contributed by atoms with E-state index in [-0.39, 0.29) is 24.4 Å². The molecule has 7 heteroatoms. The molecule has 154 valence electrons. The van der Waals surface area contributed by atoms with Crippen LogP contribution in [0.1, 0.15) is 24.4 Å². The van der Waals surface area contributed by atoms with Crippen LogP contribution in [0.5, 0.6) is 0 Å². The third kappa shape index (κ3) is 4.75. The maximum Gasteiger partial charge on any atom is 0.243 e. The van der Waals surface area contributed by atoms with Crippen LogP contribution in [0.4, 0.5) is 5.69 Å². The average molecular weight is 403 g/mol. The van der Waals surface area contributed by atoms with Gasteiger partial charge < -0.3 is 10.6 Å². The summed E-state index contributed by atoms with van der Waals surface area (Å²) in [6, 6.07) is 18.6. The van der Waals surface area contributed by atoms with Crippen LogP contribution in [0.3, 0.4) is 0 Å². The number of amides is 2. The van der Waals surface area contributed by atoms with Gasteiger partial charge in [0.15, 0.2) is 0 Å². The van der Waals surface area contributed by atoms with Crippen LogP contribution in [0, 0.1) is 0 Å². The second-order valence-corrected chi connectivity index (χ2v) is 7.32. The minimum atomic E-state index is -0.366. The van der Waals surface area contributed by atoms with Crippen molar-refractivity contribution in [2.75, 3.05) is 25.0 Å². The number of rotatable bonds is 7. The highest BCUT2D eigenvalue weighted by Crippen LogP contribution is 2.25. The van der Waals surface area contributed by atoms with Gasteiger partial charge in [-0.15, -0.1) is 0 Å². The summed E-state index contributed by atoms with van der Waals surface area (Å²) in [5, 5.41) is 9.80. The summed E-state index contributed by atoms with van der Waals surface area (Å²) in [6.45, 7) is 1.71. The second kappa shape index (κ2) is 9.37. The molecule has 4 rings (SSSR count). The van der Waals surface area contributed by atoms with E-state index in [1.807, 2.05) is 66.9 Å². The van der Waals surface area contributed by atoms with E-state index in [0.717, 1.165) is 37.2 Å². The molecule has 1 fully saturated rings. The fourth-order valence-electron chi connectivity index (χ4n) is 3.75. The van der Waals surface area contributed by atoms with Gasteiger partial charge in [0.1, 0.15) is 6.04 Å². The minimum absolute atomic E-state index is 0.0725. The Morgan fingerprint density at radius 3 is 2.37 bits per heavy atom. The lowest BCUT2D eigenvalue weighted by Gasteiger charge is -2.26. The van der Waals surface area contributed by atoms with Gasteiger partial charge in [0.25, 0.3) is 0 Å². The van der Waals surface area contributed by atoms with Gasteiger partial charge in [-0.1, -0.05) is 30.3 Å². The van der Waals surface area contributed by atoms with Crippen LogP contribution in [-0.4, -0.2) is 46.1 Å². The summed E-state index contributed by atoms with van der Waals surface area (Å²) >= 11 is 0. The van der Waals surface area contributed by atoms with E-state index in [0.29, 0.717) is 5.69 Å². The van der Waals surface area contributed by atoms with E-state index >= 15 is 0 Å². The maximum absolute atomic E-state index is 12.9. The molecule has 0 spiro atoms. The fourth-order valence-corrected chi connectivity index (χ4v) is 3.75. The zero-order valence-corrected chi connectivity index (χ0v) is 16.7. The van der Waals surface area contributed by atoms with Gasteiger partial charge in [-0.05, 0) is 61.8 Å². The summed E-state index contributed by atoms with van der Waals surface area (Å²) in [5.74, 6) is -0.407. The van der Waals surface area contributed by atoms with E-state index in [1.165, 1.54) is 0 Å². The highest BCUT2D eigenvalue weighted by molar-refractivity contribution is 5.95. The number of benzene rings is 2. The first-order chi connectivity index (χ1) is 14.7. The Kier molecular flexibility index (Phi) is 6.20. The Morgan fingerprint density at radius 2 is 1.70 bits per heavy atom. The van der Waals surface area contributed by atoms with Gasteiger partial charge in [-0.2, -0.15) is 5.10 Å². The standard InChI is InChI=1S/C23H25N5O2/c29-21(26-19-9-11-20(12-10-19)28-16-6-13-25-28)17-24-23(30)22(27-14-4-5-15-27)18-7-2-1-3-8-18/h1-3,6-13,16,22H,4-5,14-15,17H2,(H,24,30)(H,26,29). The van der Waals surface area contributed by atoms with Gasteiger partial charge in [0.05, 0.1) is 12.2 Å². The first-order valence-electron chi connectivity index (χ1n) is 10.2. The monoisotopic (exact) mass is 403 g/mol. The number of hydrogen-bond acceptors (Lipinski definition) is 4. The Bertz CT molecular complexity index is 965. The van der Waals surface area contributed by atoms with Crippen molar-refractivity contribution in [2.45, 2.75) is 18.9 Å². The van der Waals surface area contributed by atoms with Crippen molar-refractivity contribution in [2.24, 2.45) is 0 Å². The molecule has 7 nitrogen and oxygen atoms in total. The molecule has 2 aromatic carbocycles. The number of carbonyl (C=O) groups excluding carboxylic acids is 2. The second-order valence-electron chi connectivity index (χ2n) is 7.32. The quantitative estimate of drug-likeness (QED) is 0.636. The van der Waals surface area contributed by atoms with Crippen LogP contribution < -0.4 is 10.6 Å². The molecule has 1 aliphatic heterocycles. The number of nitrogens with one attached hydrogen (secondary N) is 2. The number of anilines is 1. The van der Waals surface area contributed by atoms with Crippen molar-refractivity contribution in [3.8, 4) is 5.69 Å². The Morgan fingerprint density at radius 1 is 0.967 bits per heavy atom. The molecule has 2 amide bonds. The first kappa shape index (κ1) is 19.8. The fraction of sp³-hybridized carbons (Fsp3) is 0.261. The lowest BCUT2D eigenvalue weighted by Crippen LogP contribution is -2.42. The molecule has 1 saturated heterocycles. The number of hydrogen-bond donors (Lipinski definition) is 2. The number of nitrogens with zero attached hydrogens (tertiary/aromatic N) is 3. The van der Waals surface area contributed by atoms with Gasteiger partial charge in [0.2, 0.25) is 11.8 Å². The molecule has 2 heterocycles. The predicted octanol–water partition coefficient (Wildman–Crippen LogP) is 2.76. The van der Waals surface area contributed by atoms with E-state index in [2.05, 4.69) is 20.6 Å². The van der Waals surface area contributed by atoms with Crippen molar-refractivity contribution in [1.29, 1.82) is 0 Å². The summed E-state index contributed by atoms with van der Waals surface area (Å²) in [6.07, 6.45) is 5.74. The van der Waals surface area contributed by atoms with Crippen molar-refractivity contribution in [3.63, 3.8) is 0 Å². The molecule has 1 unspecified atom stereocenters. The molecule has 1 aliphatic rings. The van der Waals surface area contributed by atoms with Gasteiger partial charge in [-0.3, -0.25) is 14.5 Å². The van der Waals surface area contributed by atoms with E-state index in [9.17, 15) is 9.59 Å². The van der Waals surface area contributed by atoms with Crippen LogP contribution in [0.15, 0.2) is 73.1 Å². The minimum Gasteiger partial charge on any atom is -0.345 e. The van der Waals surface area contributed by atoms with Gasteiger partial charge >= 0.3 is 0 Å². The molecular formula is C23H25N5O2. The van der Waals surface area contributed by atoms with Crippen molar-refractivity contribution < 1.29 is 9.59 Å². The summed E-state index contributed by atoms with van der Waals surface area (Å²) in [7, 11) is 0. The van der Waals surface area contributed by atoms with E-state index in [4.69, 9.17) is 0 Å². The number of carbonyl (C=O) groups is 2. The maximum atomic E-state index is 12.9. The normalized spacial score (nSPS) is 14.9. The summed E-state index contributed by atoms with van der Waals surface area (Å²) in [5.41, 5.74) is 2.53. The molecule has 0 aliphatic carbocycles. The van der Waals surface area contributed by atoms with Crippen molar-refractivity contribution in [3.05, 3.63) is 78.6 Å².